The second-order valence-electron chi connectivity index (χ2n) is 5.06. The lowest BCUT2D eigenvalue weighted by molar-refractivity contribution is 0.393. The van der Waals surface area contributed by atoms with E-state index in [9.17, 15) is 8.42 Å². The Morgan fingerprint density at radius 1 is 1.35 bits per heavy atom. The van der Waals surface area contributed by atoms with Gasteiger partial charge in [0.2, 0.25) is 10.0 Å². The zero-order valence-electron chi connectivity index (χ0n) is 11.8. The fourth-order valence-electron chi connectivity index (χ4n) is 2.42. The summed E-state index contributed by atoms with van der Waals surface area (Å²) in [5.41, 5.74) is 0.492. The van der Waals surface area contributed by atoms with E-state index in [2.05, 4.69) is 10.0 Å². The van der Waals surface area contributed by atoms with Gasteiger partial charge in [-0.3, -0.25) is 4.72 Å². The second kappa shape index (κ2) is 6.95. The largest absolute Gasteiger partial charge is 0.495 e. The molecule has 0 amide bonds. The Labute approximate surface area is 120 Å². The zero-order chi connectivity index (χ0) is 14.4. The number of hydrogen-bond donors (Lipinski definition) is 2. The van der Waals surface area contributed by atoms with Crippen molar-refractivity contribution >= 4 is 15.7 Å². The molecule has 20 heavy (non-hydrogen) atoms. The molecule has 1 aromatic rings. The number of anilines is 1. The van der Waals surface area contributed by atoms with Crippen molar-refractivity contribution in [3.05, 3.63) is 24.3 Å². The quantitative estimate of drug-likeness (QED) is 0.842. The van der Waals surface area contributed by atoms with Gasteiger partial charge in [0.25, 0.3) is 0 Å². The molecule has 2 N–H and O–H groups in total. The first-order valence-electron chi connectivity index (χ1n) is 6.97. The van der Waals surface area contributed by atoms with Crippen LogP contribution in [0.3, 0.4) is 0 Å². The third-order valence-electron chi connectivity index (χ3n) is 3.52. The fourth-order valence-corrected chi connectivity index (χ4v) is 3.62. The molecule has 6 heteroatoms. The molecular formula is C14H22N2O3S. The Balaban J connectivity index is 1.93. The Hall–Kier alpha value is -1.27. The van der Waals surface area contributed by atoms with Crippen molar-refractivity contribution in [3.63, 3.8) is 0 Å². The van der Waals surface area contributed by atoms with E-state index in [4.69, 9.17) is 4.74 Å². The number of nitrogens with one attached hydrogen (secondary N) is 2. The third-order valence-corrected chi connectivity index (χ3v) is 4.82. The molecule has 1 heterocycles. The summed E-state index contributed by atoms with van der Waals surface area (Å²) in [6, 6.07) is 7.35. The van der Waals surface area contributed by atoms with Gasteiger partial charge in [-0.2, -0.15) is 0 Å². The van der Waals surface area contributed by atoms with E-state index in [1.807, 2.05) is 6.07 Å². The molecule has 1 unspecified atom stereocenters. The maximum Gasteiger partial charge on any atom is 0.232 e. The normalized spacial score (nSPS) is 19.6. The van der Waals surface area contributed by atoms with Crippen molar-refractivity contribution in [1.29, 1.82) is 0 Å². The van der Waals surface area contributed by atoms with Crippen molar-refractivity contribution in [2.24, 2.45) is 0 Å². The highest BCUT2D eigenvalue weighted by Crippen LogP contribution is 2.24. The molecule has 1 aliphatic rings. The monoisotopic (exact) mass is 298 g/mol. The number of benzene rings is 1. The maximum absolute atomic E-state index is 12.1. The summed E-state index contributed by atoms with van der Waals surface area (Å²) < 4.78 is 32.0. The summed E-state index contributed by atoms with van der Waals surface area (Å²) >= 11 is 0. The van der Waals surface area contributed by atoms with Crippen molar-refractivity contribution in [2.45, 2.75) is 31.7 Å². The van der Waals surface area contributed by atoms with Gasteiger partial charge in [0.05, 0.1) is 18.6 Å². The summed E-state index contributed by atoms with van der Waals surface area (Å²) in [4.78, 5) is 0. The van der Waals surface area contributed by atoms with Crippen molar-refractivity contribution < 1.29 is 13.2 Å². The van der Waals surface area contributed by atoms with Gasteiger partial charge in [-0.1, -0.05) is 18.6 Å². The summed E-state index contributed by atoms with van der Waals surface area (Å²) in [6.07, 6.45) is 4.06. The predicted molar refractivity (Wildman–Crippen MR) is 80.7 cm³/mol. The molecule has 1 aliphatic heterocycles. The van der Waals surface area contributed by atoms with Gasteiger partial charge in [0.15, 0.2) is 0 Å². The summed E-state index contributed by atoms with van der Waals surface area (Å²) in [6.45, 7) is 0.991. The Morgan fingerprint density at radius 2 is 2.15 bits per heavy atom. The molecule has 0 radical (unpaired) electrons. The van der Waals surface area contributed by atoms with Gasteiger partial charge in [-0.15, -0.1) is 0 Å². The van der Waals surface area contributed by atoms with Gasteiger partial charge in [-0.25, -0.2) is 8.42 Å². The third kappa shape index (κ3) is 4.38. The summed E-state index contributed by atoms with van der Waals surface area (Å²) in [5.74, 6) is 0.662. The van der Waals surface area contributed by atoms with Gasteiger partial charge >= 0.3 is 0 Å². The summed E-state index contributed by atoms with van der Waals surface area (Å²) in [5, 5.41) is 3.36. The highest BCUT2D eigenvalue weighted by Gasteiger charge is 2.18. The van der Waals surface area contributed by atoms with Gasteiger partial charge in [0, 0.05) is 6.04 Å². The Morgan fingerprint density at radius 3 is 2.85 bits per heavy atom. The lowest BCUT2D eigenvalue weighted by Crippen LogP contribution is -2.36. The van der Waals surface area contributed by atoms with Crippen LogP contribution in [0.4, 0.5) is 5.69 Å². The van der Waals surface area contributed by atoms with Gasteiger partial charge < -0.3 is 10.1 Å². The number of piperidine rings is 1. The van der Waals surface area contributed by atoms with E-state index >= 15 is 0 Å². The number of ether oxygens (including phenoxy) is 1. The highest BCUT2D eigenvalue weighted by atomic mass is 32.2. The smallest absolute Gasteiger partial charge is 0.232 e. The molecule has 1 fully saturated rings. The van der Waals surface area contributed by atoms with Crippen molar-refractivity contribution in [1.82, 2.24) is 5.32 Å². The van der Waals surface area contributed by atoms with Gasteiger partial charge in [0.1, 0.15) is 5.75 Å². The second-order valence-corrected chi connectivity index (χ2v) is 6.90. The first-order valence-corrected chi connectivity index (χ1v) is 8.63. The molecule has 0 saturated carbocycles. The lowest BCUT2D eigenvalue weighted by atomic mass is 10.0. The minimum Gasteiger partial charge on any atom is -0.495 e. The molecule has 0 spiro atoms. The fraction of sp³-hybridized carbons (Fsp3) is 0.571. The average molecular weight is 298 g/mol. The van der Waals surface area contributed by atoms with Crippen LogP contribution in [0.25, 0.3) is 0 Å². The molecule has 2 rings (SSSR count). The van der Waals surface area contributed by atoms with Crippen LogP contribution in [-0.4, -0.2) is 33.9 Å². The van der Waals surface area contributed by atoms with Gasteiger partial charge in [-0.05, 0) is 37.9 Å². The summed E-state index contributed by atoms with van der Waals surface area (Å²) in [7, 11) is -1.81. The molecule has 1 saturated heterocycles. The molecule has 5 nitrogen and oxygen atoms in total. The van der Waals surface area contributed by atoms with Crippen LogP contribution in [-0.2, 0) is 10.0 Å². The van der Waals surface area contributed by atoms with E-state index in [0.29, 0.717) is 23.9 Å². The minimum absolute atomic E-state index is 0.128. The number of hydrogen-bond acceptors (Lipinski definition) is 4. The van der Waals surface area contributed by atoms with Crippen LogP contribution in [0, 0.1) is 0 Å². The van der Waals surface area contributed by atoms with Crippen LogP contribution < -0.4 is 14.8 Å². The lowest BCUT2D eigenvalue weighted by Gasteiger charge is -2.23. The molecule has 112 valence electrons. The van der Waals surface area contributed by atoms with Crippen molar-refractivity contribution in [2.75, 3.05) is 24.1 Å². The van der Waals surface area contributed by atoms with Crippen molar-refractivity contribution in [3.8, 4) is 5.75 Å². The molecule has 1 atom stereocenters. The minimum atomic E-state index is -3.34. The molecule has 0 aliphatic carbocycles. The first-order chi connectivity index (χ1) is 9.61. The average Bonchev–Trinajstić information content (AvgIpc) is 2.47. The van der Waals surface area contributed by atoms with Crippen LogP contribution in [0.15, 0.2) is 24.3 Å². The topological polar surface area (TPSA) is 67.4 Å². The number of rotatable bonds is 6. The van der Waals surface area contributed by atoms with Crippen LogP contribution in [0.2, 0.25) is 0 Å². The standard InChI is InChI=1S/C14H22N2O3S/c1-19-14-8-3-2-7-13(14)16-20(17,18)11-9-12-6-4-5-10-15-12/h2-3,7-8,12,15-16H,4-6,9-11H2,1H3. The van der Waals surface area contributed by atoms with Crippen LogP contribution in [0.5, 0.6) is 5.75 Å². The Kier molecular flexibility index (Phi) is 5.25. The SMILES string of the molecule is COc1ccccc1NS(=O)(=O)CCC1CCCCN1. The molecule has 0 bridgehead atoms. The first kappa shape index (κ1) is 15.1. The predicted octanol–water partition coefficient (Wildman–Crippen LogP) is 1.97. The zero-order valence-corrected chi connectivity index (χ0v) is 12.6. The molecule has 0 aromatic heterocycles. The number of sulfonamides is 1. The number of para-hydroxylation sites is 2. The highest BCUT2D eigenvalue weighted by molar-refractivity contribution is 7.92. The van der Waals surface area contributed by atoms with E-state index in [1.165, 1.54) is 20.0 Å². The van der Waals surface area contributed by atoms with E-state index in [1.54, 1.807) is 18.2 Å². The van der Waals surface area contributed by atoms with Crippen LogP contribution in [0.1, 0.15) is 25.7 Å². The molecule has 1 aromatic carbocycles. The Bertz CT molecular complexity index is 525. The molecular weight excluding hydrogens is 276 g/mol. The van der Waals surface area contributed by atoms with E-state index in [0.717, 1.165) is 13.0 Å². The number of methoxy groups -OCH3 is 1. The maximum atomic E-state index is 12.1. The van der Waals surface area contributed by atoms with E-state index < -0.39 is 10.0 Å². The van der Waals surface area contributed by atoms with E-state index in [-0.39, 0.29) is 5.75 Å². The van der Waals surface area contributed by atoms with Crippen LogP contribution >= 0.6 is 0 Å².